The van der Waals surface area contributed by atoms with Crippen LogP contribution in [0.3, 0.4) is 0 Å². The quantitative estimate of drug-likeness (QED) is 0.242. The Morgan fingerprint density at radius 1 is 1.08 bits per heavy atom. The number of nitrogen functional groups attached to an aromatic ring is 1. The highest BCUT2D eigenvalue weighted by Gasteiger charge is 2.24. The number of fused-ring (bicyclic) bond motifs is 1. The molecule has 2 aromatic heterocycles. The fourth-order valence-electron chi connectivity index (χ4n) is 5.00. The summed E-state index contributed by atoms with van der Waals surface area (Å²) >= 11 is 0. The number of aromatic nitrogens is 3. The molecular weight excluding hydrogens is 498 g/mol. The summed E-state index contributed by atoms with van der Waals surface area (Å²) < 4.78 is 26.7. The van der Waals surface area contributed by atoms with Crippen LogP contribution in [-0.4, -0.2) is 30.7 Å². The van der Waals surface area contributed by atoms with Crippen LogP contribution >= 0.6 is 0 Å². The number of benzene rings is 2. The van der Waals surface area contributed by atoms with Crippen LogP contribution in [0.2, 0.25) is 0 Å². The molecule has 1 aliphatic rings. The number of aryl methyl sites for hydroxylation is 1. The van der Waals surface area contributed by atoms with Crippen molar-refractivity contribution >= 4 is 38.4 Å². The van der Waals surface area contributed by atoms with Gasteiger partial charge in [0.25, 0.3) is 5.91 Å². The molecule has 1 aliphatic carbocycles. The minimum atomic E-state index is -3.12. The topological polar surface area (TPSA) is 139 Å². The van der Waals surface area contributed by atoms with E-state index in [0.29, 0.717) is 33.0 Å². The van der Waals surface area contributed by atoms with E-state index >= 15 is 0 Å². The molecule has 196 valence electrons. The van der Waals surface area contributed by atoms with Gasteiger partial charge < -0.3 is 15.6 Å². The summed E-state index contributed by atoms with van der Waals surface area (Å²) in [4.78, 5) is 21.2. The van der Waals surface area contributed by atoms with Gasteiger partial charge in [-0.2, -0.15) is 0 Å². The van der Waals surface area contributed by atoms with Gasteiger partial charge in [-0.25, -0.2) is 23.7 Å². The number of carbonyl (C=O) groups is 1. The summed E-state index contributed by atoms with van der Waals surface area (Å²) in [5, 5.41) is 3.54. The van der Waals surface area contributed by atoms with Crippen molar-refractivity contribution in [2.24, 2.45) is 7.05 Å². The van der Waals surface area contributed by atoms with E-state index in [1.807, 2.05) is 48.0 Å². The molecule has 5 rings (SSSR count). The molecule has 2 heterocycles. The average molecular weight is 530 g/mol. The number of anilines is 2. The van der Waals surface area contributed by atoms with Crippen LogP contribution < -0.4 is 15.8 Å². The molecule has 0 bridgehead atoms. The van der Waals surface area contributed by atoms with Crippen molar-refractivity contribution < 1.29 is 9.00 Å². The van der Waals surface area contributed by atoms with E-state index in [1.165, 1.54) is 6.33 Å². The zero-order chi connectivity index (χ0) is 27.0. The summed E-state index contributed by atoms with van der Waals surface area (Å²) in [6.45, 7) is 5.34. The molecule has 0 spiro atoms. The minimum absolute atomic E-state index is 0.115. The van der Waals surface area contributed by atoms with Gasteiger partial charge in [-0.3, -0.25) is 4.79 Å². The van der Waals surface area contributed by atoms with Crippen molar-refractivity contribution in [1.29, 1.82) is 4.78 Å². The van der Waals surface area contributed by atoms with Gasteiger partial charge in [0.1, 0.15) is 27.7 Å². The first kappa shape index (κ1) is 25.6. The lowest BCUT2D eigenvalue weighted by Crippen LogP contribution is -2.31. The first-order valence-corrected chi connectivity index (χ1v) is 14.0. The molecule has 1 amide bonds. The Balaban J connectivity index is 1.57. The SMILES string of the molecule is C=C(C)C(=O)Nc1ccc(-c2c(-c3ccc(S(=N)(=O)NC4CCCC4)cc3)c3c(N)ncnc3n2C)cc1. The number of hydrogen-bond donors (Lipinski definition) is 4. The fourth-order valence-corrected chi connectivity index (χ4v) is 6.36. The first-order valence-electron chi connectivity index (χ1n) is 12.5. The van der Waals surface area contributed by atoms with E-state index in [-0.39, 0.29) is 11.9 Å². The predicted octanol–water partition coefficient (Wildman–Crippen LogP) is 5.25. The molecule has 9 nitrogen and oxygen atoms in total. The number of amides is 1. The molecule has 1 atom stereocenters. The van der Waals surface area contributed by atoms with Gasteiger partial charge in [0.2, 0.25) is 0 Å². The van der Waals surface area contributed by atoms with Gasteiger partial charge in [0, 0.05) is 29.9 Å². The number of nitrogens with one attached hydrogen (secondary N) is 3. The summed E-state index contributed by atoms with van der Waals surface area (Å²) in [5.74, 6) is 0.119. The smallest absolute Gasteiger partial charge is 0.250 e. The summed E-state index contributed by atoms with van der Waals surface area (Å²) in [6.07, 6.45) is 5.53. The maximum Gasteiger partial charge on any atom is 0.250 e. The number of carbonyl (C=O) groups excluding carboxylic acids is 1. The highest BCUT2D eigenvalue weighted by molar-refractivity contribution is 7.90. The lowest BCUT2D eigenvalue weighted by molar-refractivity contribution is -0.112. The Morgan fingerprint density at radius 2 is 1.71 bits per heavy atom. The molecule has 5 N–H and O–H groups in total. The normalized spacial score (nSPS) is 15.4. The number of nitrogens with two attached hydrogens (primary N) is 1. The molecule has 0 aliphatic heterocycles. The third-order valence-corrected chi connectivity index (χ3v) is 8.56. The van der Waals surface area contributed by atoms with E-state index in [9.17, 15) is 9.00 Å². The third-order valence-electron chi connectivity index (χ3n) is 6.96. The van der Waals surface area contributed by atoms with Crippen LogP contribution in [0.5, 0.6) is 0 Å². The van der Waals surface area contributed by atoms with Crippen LogP contribution in [0.1, 0.15) is 32.6 Å². The van der Waals surface area contributed by atoms with Gasteiger partial charge in [0.05, 0.1) is 16.0 Å². The zero-order valence-electron chi connectivity index (χ0n) is 21.5. The Morgan fingerprint density at radius 3 is 2.34 bits per heavy atom. The molecule has 1 unspecified atom stereocenters. The standard InChI is InChI=1S/C28H31N7O2S/c1-17(2)28(36)33-20-12-8-19(9-13-20)25-23(24-26(29)31-16-32-27(24)35(25)3)18-10-14-22(15-11-18)38(30,37)34-21-6-4-5-7-21/h8-16,21H,1,4-7H2,2-3H3,(H,33,36)(H2,29,31,32)(H2,30,34,37). The van der Waals surface area contributed by atoms with Crippen LogP contribution in [0, 0.1) is 4.78 Å². The Bertz CT molecular complexity index is 1630. The summed E-state index contributed by atoms with van der Waals surface area (Å²) in [5.41, 5.74) is 11.6. The van der Waals surface area contributed by atoms with Gasteiger partial charge >= 0.3 is 0 Å². The molecule has 0 saturated heterocycles. The largest absolute Gasteiger partial charge is 0.383 e. The number of nitrogens with zero attached hydrogens (tertiary/aromatic N) is 3. The number of hydrogen-bond acceptors (Lipinski definition) is 6. The van der Waals surface area contributed by atoms with E-state index in [4.69, 9.17) is 10.5 Å². The van der Waals surface area contributed by atoms with E-state index in [0.717, 1.165) is 48.1 Å². The molecule has 1 saturated carbocycles. The van der Waals surface area contributed by atoms with Crippen molar-refractivity contribution in [3.8, 4) is 22.4 Å². The average Bonchev–Trinajstić information content (AvgIpc) is 3.51. The van der Waals surface area contributed by atoms with Crippen LogP contribution in [0.25, 0.3) is 33.4 Å². The van der Waals surface area contributed by atoms with Crippen molar-refractivity contribution in [1.82, 2.24) is 19.3 Å². The fraction of sp³-hybridized carbons (Fsp3) is 0.250. The van der Waals surface area contributed by atoms with Crippen LogP contribution in [0.15, 0.2) is 71.9 Å². The highest BCUT2D eigenvalue weighted by atomic mass is 32.2. The zero-order valence-corrected chi connectivity index (χ0v) is 22.3. The molecular formula is C28H31N7O2S. The van der Waals surface area contributed by atoms with Gasteiger partial charge in [0.15, 0.2) is 0 Å². The molecule has 38 heavy (non-hydrogen) atoms. The van der Waals surface area contributed by atoms with E-state index in [2.05, 4.69) is 26.6 Å². The molecule has 0 radical (unpaired) electrons. The van der Waals surface area contributed by atoms with Crippen LogP contribution in [0.4, 0.5) is 11.5 Å². The van der Waals surface area contributed by atoms with Gasteiger partial charge in [-0.1, -0.05) is 43.7 Å². The second-order valence-corrected chi connectivity index (χ2v) is 11.6. The predicted molar refractivity (Wildman–Crippen MR) is 152 cm³/mol. The van der Waals surface area contributed by atoms with E-state index < -0.39 is 9.92 Å². The van der Waals surface area contributed by atoms with Crippen molar-refractivity contribution in [2.75, 3.05) is 11.1 Å². The Hall–Kier alpha value is -4.02. The molecule has 1 fully saturated rings. The summed E-state index contributed by atoms with van der Waals surface area (Å²) in [6, 6.07) is 14.8. The minimum Gasteiger partial charge on any atom is -0.383 e. The Labute approximate surface area is 222 Å². The Kier molecular flexibility index (Phi) is 6.77. The third kappa shape index (κ3) is 4.80. The maximum atomic E-state index is 13.2. The summed E-state index contributed by atoms with van der Waals surface area (Å²) in [7, 11) is -1.20. The second kappa shape index (κ2) is 10.0. The second-order valence-electron chi connectivity index (χ2n) is 9.73. The lowest BCUT2D eigenvalue weighted by Gasteiger charge is -2.16. The lowest BCUT2D eigenvalue weighted by atomic mass is 9.98. The maximum absolute atomic E-state index is 13.2. The first-order chi connectivity index (χ1) is 18.2. The van der Waals surface area contributed by atoms with E-state index in [1.54, 1.807) is 19.1 Å². The van der Waals surface area contributed by atoms with Crippen molar-refractivity contribution in [3.05, 3.63) is 67.0 Å². The van der Waals surface area contributed by atoms with Crippen molar-refractivity contribution in [3.63, 3.8) is 0 Å². The molecule has 10 heteroatoms. The van der Waals surface area contributed by atoms with Gasteiger partial charge in [-0.05, 0) is 55.2 Å². The highest BCUT2D eigenvalue weighted by Crippen LogP contribution is 2.42. The van der Waals surface area contributed by atoms with Gasteiger partial charge in [-0.15, -0.1) is 0 Å². The van der Waals surface area contributed by atoms with Crippen LogP contribution in [-0.2, 0) is 21.8 Å². The van der Waals surface area contributed by atoms with Crippen molar-refractivity contribution in [2.45, 2.75) is 43.5 Å². The number of rotatable bonds is 7. The molecule has 4 aromatic rings. The monoisotopic (exact) mass is 529 g/mol. The molecule has 2 aromatic carbocycles.